The Bertz CT molecular complexity index is 314. The molecule has 0 aromatic rings. The number of ether oxygens (including phenoxy) is 1. The number of aliphatic hydroxyl groups excluding tert-OH is 1. The van der Waals surface area contributed by atoms with Gasteiger partial charge in [-0.1, -0.05) is 12.8 Å². The summed E-state index contributed by atoms with van der Waals surface area (Å²) < 4.78 is 4.75. The van der Waals surface area contributed by atoms with Crippen molar-refractivity contribution in [2.24, 2.45) is 5.92 Å². The molecule has 0 aromatic heterocycles. The van der Waals surface area contributed by atoms with Gasteiger partial charge in [0.1, 0.15) is 0 Å². The number of carbonyl (C=O) groups is 1. The summed E-state index contributed by atoms with van der Waals surface area (Å²) in [6.45, 7) is 3.81. The highest BCUT2D eigenvalue weighted by molar-refractivity contribution is 5.71. The molecule has 1 saturated carbocycles. The van der Waals surface area contributed by atoms with Gasteiger partial charge >= 0.3 is 5.97 Å². The van der Waals surface area contributed by atoms with E-state index in [0.717, 1.165) is 19.5 Å². The lowest BCUT2D eigenvalue weighted by atomic mass is 9.89. The molecule has 3 unspecified atom stereocenters. The average Bonchev–Trinajstić information content (AvgIpc) is 2.91. The smallest absolute Gasteiger partial charge is 0.319 e. The zero-order chi connectivity index (χ0) is 14.5. The van der Waals surface area contributed by atoms with E-state index in [2.05, 4.69) is 10.2 Å². The third kappa shape index (κ3) is 4.43. The largest absolute Gasteiger partial charge is 0.468 e. The maximum absolute atomic E-state index is 11.5. The number of rotatable bonds is 5. The summed E-state index contributed by atoms with van der Waals surface area (Å²) in [4.78, 5) is 13.6. The summed E-state index contributed by atoms with van der Waals surface area (Å²) in [7, 11) is 1.42. The van der Waals surface area contributed by atoms with E-state index >= 15 is 0 Å². The van der Waals surface area contributed by atoms with Gasteiger partial charge in [-0.3, -0.25) is 9.69 Å². The highest BCUT2D eigenvalue weighted by atomic mass is 16.5. The fraction of sp³-hybridized carbons (Fsp3) is 0.933. The predicted octanol–water partition coefficient (Wildman–Crippen LogP) is 0.763. The van der Waals surface area contributed by atoms with E-state index in [-0.39, 0.29) is 18.0 Å². The maximum atomic E-state index is 11.5. The normalized spacial score (nSPS) is 30.4. The number of aliphatic hydroxyl groups is 1. The summed E-state index contributed by atoms with van der Waals surface area (Å²) in [5, 5.41) is 13.6. The number of carbonyl (C=O) groups excluding carboxylic acids is 1. The monoisotopic (exact) mass is 284 g/mol. The summed E-state index contributed by atoms with van der Waals surface area (Å²) in [5.41, 5.74) is 0. The fourth-order valence-corrected chi connectivity index (χ4v) is 3.50. The van der Waals surface area contributed by atoms with Gasteiger partial charge in [-0.2, -0.15) is 0 Å². The molecule has 5 nitrogen and oxygen atoms in total. The van der Waals surface area contributed by atoms with Crippen LogP contribution in [0.25, 0.3) is 0 Å². The van der Waals surface area contributed by atoms with Crippen molar-refractivity contribution in [3.63, 3.8) is 0 Å². The molecule has 5 heteroatoms. The predicted molar refractivity (Wildman–Crippen MR) is 77.4 cm³/mol. The van der Waals surface area contributed by atoms with E-state index in [1.54, 1.807) is 0 Å². The van der Waals surface area contributed by atoms with Crippen LogP contribution in [0, 0.1) is 5.92 Å². The summed E-state index contributed by atoms with van der Waals surface area (Å²) >= 11 is 0. The molecule has 2 fully saturated rings. The number of piperidine rings is 1. The third-order valence-corrected chi connectivity index (χ3v) is 4.65. The van der Waals surface area contributed by atoms with Crippen LogP contribution in [0.1, 0.15) is 39.0 Å². The number of nitrogens with zero attached hydrogens (tertiary/aromatic N) is 1. The second kappa shape index (κ2) is 7.38. The van der Waals surface area contributed by atoms with Gasteiger partial charge in [-0.25, -0.2) is 0 Å². The van der Waals surface area contributed by atoms with Crippen molar-refractivity contribution in [2.75, 3.05) is 26.7 Å². The first-order chi connectivity index (χ1) is 9.58. The molecule has 0 spiro atoms. The van der Waals surface area contributed by atoms with Crippen LogP contribution < -0.4 is 5.32 Å². The van der Waals surface area contributed by atoms with Crippen LogP contribution in [-0.4, -0.2) is 60.9 Å². The van der Waals surface area contributed by atoms with Crippen molar-refractivity contribution in [2.45, 2.75) is 57.2 Å². The molecule has 116 valence electrons. The van der Waals surface area contributed by atoms with Crippen LogP contribution in [0.2, 0.25) is 0 Å². The number of methoxy groups -OCH3 is 1. The minimum Gasteiger partial charge on any atom is -0.468 e. The number of nitrogens with one attached hydrogen (secondary N) is 1. The molecule has 1 saturated heterocycles. The van der Waals surface area contributed by atoms with E-state index in [1.807, 2.05) is 6.92 Å². The van der Waals surface area contributed by atoms with Crippen LogP contribution in [0.15, 0.2) is 0 Å². The highest BCUT2D eigenvalue weighted by Gasteiger charge is 2.32. The Morgan fingerprint density at radius 3 is 2.65 bits per heavy atom. The van der Waals surface area contributed by atoms with Gasteiger partial charge in [0.25, 0.3) is 0 Å². The second-order valence-electron chi connectivity index (χ2n) is 6.35. The zero-order valence-corrected chi connectivity index (χ0v) is 12.7. The van der Waals surface area contributed by atoms with E-state index < -0.39 is 0 Å². The third-order valence-electron chi connectivity index (χ3n) is 4.65. The topological polar surface area (TPSA) is 61.8 Å². The van der Waals surface area contributed by atoms with Gasteiger partial charge in [-0.15, -0.1) is 0 Å². The molecule has 2 rings (SSSR count). The zero-order valence-electron chi connectivity index (χ0n) is 12.7. The SMILES string of the molecule is COC(=O)CN1CC(NC2CCCC2)CC(C(C)O)C1. The fourth-order valence-electron chi connectivity index (χ4n) is 3.50. The lowest BCUT2D eigenvalue weighted by molar-refractivity contribution is -0.142. The minimum atomic E-state index is -0.330. The molecule has 1 aliphatic heterocycles. The molecule has 1 heterocycles. The van der Waals surface area contributed by atoms with E-state index in [1.165, 1.54) is 32.8 Å². The van der Waals surface area contributed by atoms with Crippen LogP contribution in [0.3, 0.4) is 0 Å². The summed E-state index contributed by atoms with van der Waals surface area (Å²) in [5.74, 6) is 0.0307. The molecule has 1 aliphatic carbocycles. The van der Waals surface area contributed by atoms with E-state index in [0.29, 0.717) is 18.6 Å². The van der Waals surface area contributed by atoms with Gasteiger partial charge in [0, 0.05) is 25.2 Å². The summed E-state index contributed by atoms with van der Waals surface area (Å²) in [6, 6.07) is 0.990. The Balaban J connectivity index is 1.90. The molecule has 0 radical (unpaired) electrons. The second-order valence-corrected chi connectivity index (χ2v) is 6.35. The standard InChI is InChI=1S/C15H28N2O3/c1-11(18)12-7-14(16-13-5-3-4-6-13)9-17(8-12)10-15(19)20-2/h11-14,16,18H,3-10H2,1-2H3. The maximum Gasteiger partial charge on any atom is 0.319 e. The average molecular weight is 284 g/mol. The van der Waals surface area contributed by atoms with Gasteiger partial charge in [0.05, 0.1) is 19.8 Å². The molecule has 2 N–H and O–H groups in total. The quantitative estimate of drug-likeness (QED) is 0.730. The number of likely N-dealkylation sites (tertiary alicyclic amines) is 1. The van der Waals surface area contributed by atoms with Gasteiger partial charge in [0.15, 0.2) is 0 Å². The van der Waals surface area contributed by atoms with Crippen molar-refractivity contribution in [3.05, 3.63) is 0 Å². The molecular weight excluding hydrogens is 256 g/mol. The molecule has 0 amide bonds. The van der Waals surface area contributed by atoms with Crippen molar-refractivity contribution < 1.29 is 14.6 Å². The Hall–Kier alpha value is -0.650. The van der Waals surface area contributed by atoms with Gasteiger partial charge in [0.2, 0.25) is 0 Å². The molecule has 0 aromatic carbocycles. The van der Waals surface area contributed by atoms with Gasteiger partial charge < -0.3 is 15.2 Å². The summed E-state index contributed by atoms with van der Waals surface area (Å²) in [6.07, 6.45) is 5.81. The minimum absolute atomic E-state index is 0.198. The van der Waals surface area contributed by atoms with Crippen molar-refractivity contribution in [1.29, 1.82) is 0 Å². The highest BCUT2D eigenvalue weighted by Crippen LogP contribution is 2.24. The molecule has 3 atom stereocenters. The van der Waals surface area contributed by atoms with Crippen molar-refractivity contribution >= 4 is 5.97 Å². The van der Waals surface area contributed by atoms with Crippen LogP contribution in [0.5, 0.6) is 0 Å². The Labute approximate surface area is 121 Å². The first kappa shape index (κ1) is 15.7. The van der Waals surface area contributed by atoms with Crippen molar-refractivity contribution in [1.82, 2.24) is 10.2 Å². The number of esters is 1. The Morgan fingerprint density at radius 2 is 2.05 bits per heavy atom. The first-order valence-electron chi connectivity index (χ1n) is 7.81. The first-order valence-corrected chi connectivity index (χ1v) is 7.81. The Kier molecular flexibility index (Phi) is 5.81. The van der Waals surface area contributed by atoms with E-state index in [9.17, 15) is 9.90 Å². The molecule has 0 bridgehead atoms. The van der Waals surface area contributed by atoms with Gasteiger partial charge in [-0.05, 0) is 32.1 Å². The molecule has 20 heavy (non-hydrogen) atoms. The lowest BCUT2D eigenvalue weighted by Gasteiger charge is -2.39. The van der Waals surface area contributed by atoms with Crippen molar-refractivity contribution in [3.8, 4) is 0 Å². The van der Waals surface area contributed by atoms with Crippen LogP contribution >= 0.6 is 0 Å². The van der Waals surface area contributed by atoms with E-state index in [4.69, 9.17) is 4.74 Å². The van der Waals surface area contributed by atoms with Crippen LogP contribution in [0.4, 0.5) is 0 Å². The number of hydrogen-bond donors (Lipinski definition) is 2. The lowest BCUT2D eigenvalue weighted by Crippen LogP contribution is -2.54. The van der Waals surface area contributed by atoms with Crippen LogP contribution in [-0.2, 0) is 9.53 Å². The molecule has 2 aliphatic rings. The Morgan fingerprint density at radius 1 is 1.35 bits per heavy atom. The number of hydrogen-bond acceptors (Lipinski definition) is 5. The molecular formula is C15H28N2O3.